The van der Waals surface area contributed by atoms with Crippen molar-refractivity contribution in [2.75, 3.05) is 13.1 Å². The van der Waals surface area contributed by atoms with Crippen molar-refractivity contribution >= 4 is 29.5 Å². The number of fused-ring (bicyclic) bond motifs is 3. The maximum Gasteiger partial charge on any atom is 0.239 e. The van der Waals surface area contributed by atoms with Gasteiger partial charge in [-0.05, 0) is 107 Å². The van der Waals surface area contributed by atoms with Crippen molar-refractivity contribution in [1.82, 2.24) is 10.6 Å². The number of unbranched alkanes of at least 4 members (excludes halogenated alkanes) is 1. The summed E-state index contributed by atoms with van der Waals surface area (Å²) in [5, 5.41) is 5.71. The van der Waals surface area contributed by atoms with E-state index in [1.54, 1.807) is 0 Å². The summed E-state index contributed by atoms with van der Waals surface area (Å²) in [5.41, 5.74) is 29.3. The molecule has 3 saturated carbocycles. The highest BCUT2D eigenvalue weighted by Crippen LogP contribution is 2.53. The molecule has 0 aromatic heterocycles. The summed E-state index contributed by atoms with van der Waals surface area (Å²) in [5.74, 6) is -1.66. The first kappa shape index (κ1) is 36.0. The predicted molar refractivity (Wildman–Crippen MR) is 175 cm³/mol. The molecule has 2 bridgehead atoms. The predicted octanol–water partition coefficient (Wildman–Crippen LogP) is 1.13. The maximum atomic E-state index is 14.0. The van der Waals surface area contributed by atoms with E-state index in [0.29, 0.717) is 45.1 Å². The summed E-state index contributed by atoms with van der Waals surface area (Å²) in [6, 6.07) is 6.84. The number of rotatable bonds is 20. The van der Waals surface area contributed by atoms with Crippen LogP contribution in [-0.4, -0.2) is 60.7 Å². The molecular formula is C33H54N8O4. The minimum atomic E-state index is -0.875. The smallest absolute Gasteiger partial charge is 0.239 e. The van der Waals surface area contributed by atoms with Gasteiger partial charge in [-0.25, -0.2) is 0 Å². The minimum absolute atomic E-state index is 0.0110. The molecule has 12 nitrogen and oxygen atoms in total. The lowest BCUT2D eigenvalue weighted by Gasteiger charge is -2.48. The van der Waals surface area contributed by atoms with Crippen molar-refractivity contribution in [3.8, 4) is 0 Å². The summed E-state index contributed by atoms with van der Waals surface area (Å²) < 4.78 is 0. The van der Waals surface area contributed by atoms with Crippen LogP contribution in [0, 0.1) is 17.3 Å². The zero-order valence-corrected chi connectivity index (χ0v) is 26.6. The van der Waals surface area contributed by atoms with Crippen molar-refractivity contribution in [2.24, 2.45) is 50.9 Å². The highest BCUT2D eigenvalue weighted by molar-refractivity contribution is 5.94. The number of ketones is 1. The molecule has 0 spiro atoms. The molecule has 0 unspecified atom stereocenters. The number of carbonyl (C=O) groups is 4. The number of nitrogens with one attached hydrogen (secondary N) is 2. The number of primary amides is 1. The third-order valence-electron chi connectivity index (χ3n) is 9.64. The Labute approximate surface area is 267 Å². The first-order chi connectivity index (χ1) is 21.5. The van der Waals surface area contributed by atoms with Gasteiger partial charge in [-0.3, -0.25) is 24.2 Å². The van der Waals surface area contributed by atoms with E-state index in [1.165, 1.54) is 0 Å². The minimum Gasteiger partial charge on any atom is -0.370 e. The van der Waals surface area contributed by atoms with Crippen LogP contribution < -0.4 is 39.3 Å². The molecule has 3 amide bonds. The van der Waals surface area contributed by atoms with Crippen LogP contribution in [0.15, 0.2) is 35.3 Å². The Balaban J connectivity index is 1.77. The fourth-order valence-electron chi connectivity index (χ4n) is 6.94. The standard InChI is InChI=1S/C33H54N8O4/c34-17-5-4-9-27(29(36)43)41-30(44)24(21-33-14-11-22(12-15-33)13-16-33)20-28(42)26(10-6-18-39-32(37)38)40-31(45)25(35)19-23-7-2-1-3-8-23/h1-3,7-8,22,24-27H,4-6,9-21,34-35H2,(H2,36,43)(H,40,45)(H,41,44)(H4,37,38,39)/t22?,24-,25-,26+,27-,33?/m0/s1. The Morgan fingerprint density at radius 2 is 1.49 bits per heavy atom. The largest absolute Gasteiger partial charge is 0.370 e. The molecular weight excluding hydrogens is 572 g/mol. The van der Waals surface area contributed by atoms with Crippen molar-refractivity contribution < 1.29 is 19.2 Å². The van der Waals surface area contributed by atoms with Gasteiger partial charge in [-0.2, -0.15) is 0 Å². The van der Waals surface area contributed by atoms with Gasteiger partial charge in [0.2, 0.25) is 17.7 Å². The first-order valence-electron chi connectivity index (χ1n) is 16.5. The van der Waals surface area contributed by atoms with Crippen LogP contribution in [0.5, 0.6) is 0 Å². The monoisotopic (exact) mass is 626 g/mol. The molecule has 0 heterocycles. The third-order valence-corrected chi connectivity index (χ3v) is 9.64. The Hall–Kier alpha value is -3.51. The molecule has 0 aliphatic heterocycles. The summed E-state index contributed by atoms with van der Waals surface area (Å²) in [6.45, 7) is 0.765. The number of Topliss-reactive ketones (excluding diaryl/α,β-unsaturated/α-hetero) is 1. The van der Waals surface area contributed by atoms with Gasteiger partial charge in [0.25, 0.3) is 0 Å². The van der Waals surface area contributed by atoms with Crippen LogP contribution in [0.2, 0.25) is 0 Å². The summed E-state index contributed by atoms with van der Waals surface area (Å²) in [4.78, 5) is 57.2. The van der Waals surface area contributed by atoms with E-state index in [0.717, 1.165) is 50.0 Å². The Kier molecular flexibility index (Phi) is 14.3. The molecule has 0 radical (unpaired) electrons. The average molecular weight is 627 g/mol. The number of aliphatic imine (C=N–C) groups is 1. The van der Waals surface area contributed by atoms with Crippen LogP contribution in [0.25, 0.3) is 0 Å². The van der Waals surface area contributed by atoms with E-state index in [-0.39, 0.29) is 42.5 Å². The van der Waals surface area contributed by atoms with Crippen LogP contribution in [0.4, 0.5) is 0 Å². The van der Waals surface area contributed by atoms with Gasteiger partial charge in [0.15, 0.2) is 11.7 Å². The molecule has 4 rings (SSSR count). The number of nitrogens with two attached hydrogens (primary N) is 5. The Morgan fingerprint density at radius 1 is 0.867 bits per heavy atom. The first-order valence-corrected chi connectivity index (χ1v) is 16.5. The van der Waals surface area contributed by atoms with Crippen molar-refractivity contribution in [1.29, 1.82) is 0 Å². The molecule has 12 N–H and O–H groups in total. The number of hydrogen-bond donors (Lipinski definition) is 7. The lowest BCUT2D eigenvalue weighted by molar-refractivity contribution is -0.135. The summed E-state index contributed by atoms with van der Waals surface area (Å²) in [7, 11) is 0. The van der Waals surface area contributed by atoms with E-state index in [4.69, 9.17) is 28.7 Å². The second-order valence-corrected chi connectivity index (χ2v) is 13.1. The second-order valence-electron chi connectivity index (χ2n) is 13.1. The van der Waals surface area contributed by atoms with Gasteiger partial charge in [-0.15, -0.1) is 0 Å². The van der Waals surface area contributed by atoms with Crippen molar-refractivity contribution in [3.63, 3.8) is 0 Å². The molecule has 12 heteroatoms. The SMILES string of the molecule is NCCCC[C@H](NC(=O)[C@@H](CC(=O)[C@@H](CCCN=C(N)N)NC(=O)[C@@H](N)Cc1ccccc1)CC12CCC(CC1)CC2)C(N)=O. The van der Waals surface area contributed by atoms with E-state index in [9.17, 15) is 19.2 Å². The third kappa shape index (κ3) is 11.7. The van der Waals surface area contributed by atoms with Gasteiger partial charge < -0.3 is 39.3 Å². The van der Waals surface area contributed by atoms with E-state index >= 15 is 0 Å². The highest BCUT2D eigenvalue weighted by Gasteiger charge is 2.43. The van der Waals surface area contributed by atoms with Gasteiger partial charge in [0.1, 0.15) is 6.04 Å². The summed E-state index contributed by atoms with van der Waals surface area (Å²) in [6.07, 6.45) is 9.72. The second kappa shape index (κ2) is 17.8. The number of carbonyl (C=O) groups excluding carboxylic acids is 4. The quantitative estimate of drug-likeness (QED) is 0.0628. The van der Waals surface area contributed by atoms with Gasteiger partial charge in [-0.1, -0.05) is 30.3 Å². The maximum absolute atomic E-state index is 14.0. The van der Waals surface area contributed by atoms with E-state index in [2.05, 4.69) is 15.6 Å². The molecule has 3 aliphatic carbocycles. The Bertz CT molecular complexity index is 1130. The molecule has 1 aromatic rings. The van der Waals surface area contributed by atoms with Crippen LogP contribution in [0.1, 0.15) is 89.0 Å². The van der Waals surface area contributed by atoms with Crippen molar-refractivity contribution in [2.45, 2.75) is 108 Å². The van der Waals surface area contributed by atoms with E-state index < -0.39 is 35.9 Å². The van der Waals surface area contributed by atoms with Crippen LogP contribution >= 0.6 is 0 Å². The number of amides is 3. The topological polar surface area (TPSA) is 235 Å². The van der Waals surface area contributed by atoms with Gasteiger partial charge in [0, 0.05) is 18.9 Å². The highest BCUT2D eigenvalue weighted by atomic mass is 16.2. The molecule has 4 atom stereocenters. The Morgan fingerprint density at radius 3 is 2.09 bits per heavy atom. The van der Waals surface area contributed by atoms with Crippen LogP contribution in [-0.2, 0) is 25.6 Å². The zero-order valence-electron chi connectivity index (χ0n) is 26.6. The number of guanidine groups is 1. The number of nitrogens with zero attached hydrogens (tertiary/aromatic N) is 1. The van der Waals surface area contributed by atoms with Crippen LogP contribution in [0.3, 0.4) is 0 Å². The van der Waals surface area contributed by atoms with Crippen molar-refractivity contribution in [3.05, 3.63) is 35.9 Å². The lowest BCUT2D eigenvalue weighted by atomic mass is 9.57. The molecule has 3 fully saturated rings. The normalized spacial score (nSPS) is 21.6. The molecule has 45 heavy (non-hydrogen) atoms. The number of benzene rings is 1. The fraction of sp³-hybridized carbons (Fsp3) is 0.667. The fourth-order valence-corrected chi connectivity index (χ4v) is 6.94. The van der Waals surface area contributed by atoms with Gasteiger partial charge in [0.05, 0.1) is 12.1 Å². The average Bonchev–Trinajstić information content (AvgIpc) is 3.02. The lowest BCUT2D eigenvalue weighted by Crippen LogP contribution is -2.51. The number of hydrogen-bond acceptors (Lipinski definition) is 7. The summed E-state index contributed by atoms with van der Waals surface area (Å²) >= 11 is 0. The van der Waals surface area contributed by atoms with Gasteiger partial charge >= 0.3 is 0 Å². The molecule has 1 aromatic carbocycles. The van der Waals surface area contributed by atoms with E-state index in [1.807, 2.05) is 30.3 Å². The molecule has 0 saturated heterocycles. The molecule has 250 valence electrons. The molecule has 3 aliphatic rings. The zero-order chi connectivity index (χ0) is 32.8.